The number of carbonyl (C=O) groups is 1. The lowest BCUT2D eigenvalue weighted by Crippen LogP contribution is -2.36. The zero-order valence-corrected chi connectivity index (χ0v) is 19.3. The Hall–Kier alpha value is -2.82. The predicted molar refractivity (Wildman–Crippen MR) is 116 cm³/mol. The Morgan fingerprint density at radius 1 is 1.28 bits per heavy atom. The maximum atomic E-state index is 13.8. The van der Waals surface area contributed by atoms with Gasteiger partial charge in [0.2, 0.25) is 0 Å². The molecule has 0 saturated carbocycles. The number of anilines is 1. The summed E-state index contributed by atoms with van der Waals surface area (Å²) in [7, 11) is 1.81. The average Bonchev–Trinajstić information content (AvgIpc) is 3.26. The third-order valence-electron chi connectivity index (χ3n) is 5.84. The number of hydrogen-bond acceptors (Lipinski definition) is 4. The quantitative estimate of drug-likeness (QED) is 0.538. The van der Waals surface area contributed by atoms with Gasteiger partial charge < -0.3 is 10.6 Å². The van der Waals surface area contributed by atoms with Gasteiger partial charge in [-0.3, -0.25) is 9.48 Å². The van der Waals surface area contributed by atoms with Crippen LogP contribution in [0.4, 0.5) is 19.0 Å². The number of benzene rings is 1. The first kappa shape index (κ1) is 22.4. The third kappa shape index (κ3) is 4.13. The molecule has 0 radical (unpaired) electrons. The first-order valence-electron chi connectivity index (χ1n) is 9.99. The van der Waals surface area contributed by atoms with Crippen molar-refractivity contribution in [3.8, 4) is 0 Å². The van der Waals surface area contributed by atoms with Crippen LogP contribution < -0.4 is 10.6 Å². The molecule has 0 bridgehead atoms. The summed E-state index contributed by atoms with van der Waals surface area (Å²) in [5, 5.41) is 14.1. The van der Waals surface area contributed by atoms with Crippen molar-refractivity contribution < 1.29 is 18.0 Å². The van der Waals surface area contributed by atoms with Gasteiger partial charge in [-0.1, -0.05) is 28.1 Å². The maximum Gasteiger partial charge on any atom is 0.410 e. The molecule has 0 saturated heterocycles. The number of carbonyl (C=O) groups excluding carboxylic acids is 1. The minimum Gasteiger partial charge on any atom is -0.363 e. The van der Waals surface area contributed by atoms with E-state index in [1.165, 1.54) is 6.20 Å². The highest BCUT2D eigenvalue weighted by molar-refractivity contribution is 9.10. The molecule has 2 N–H and O–H groups in total. The second-order valence-electron chi connectivity index (χ2n) is 7.85. The molecule has 1 aromatic carbocycles. The number of fused-ring (bicyclic) bond motifs is 1. The van der Waals surface area contributed by atoms with Crippen LogP contribution in [0, 0.1) is 13.8 Å². The molecule has 1 aliphatic rings. The number of rotatable bonds is 4. The van der Waals surface area contributed by atoms with Crippen molar-refractivity contribution in [1.82, 2.24) is 24.9 Å². The third-order valence-corrected chi connectivity index (χ3v) is 6.37. The molecule has 0 spiro atoms. The number of nitrogens with zero attached hydrogens (tertiary/aromatic N) is 4. The minimum atomic E-state index is -4.51. The fourth-order valence-electron chi connectivity index (χ4n) is 3.98. The first-order valence-corrected chi connectivity index (χ1v) is 10.8. The van der Waals surface area contributed by atoms with Gasteiger partial charge in [-0.05, 0) is 31.5 Å². The maximum absolute atomic E-state index is 13.8. The van der Waals surface area contributed by atoms with Crippen molar-refractivity contribution >= 4 is 27.7 Å². The fourth-order valence-corrected chi connectivity index (χ4v) is 4.24. The van der Waals surface area contributed by atoms with Gasteiger partial charge >= 0.3 is 6.18 Å². The van der Waals surface area contributed by atoms with E-state index in [2.05, 4.69) is 36.8 Å². The van der Waals surface area contributed by atoms with Crippen LogP contribution in [0.5, 0.6) is 0 Å². The lowest BCUT2D eigenvalue weighted by molar-refractivity contribution is -0.173. The van der Waals surface area contributed by atoms with E-state index in [0.717, 1.165) is 26.1 Å². The molecule has 1 amide bonds. The van der Waals surface area contributed by atoms with E-state index in [9.17, 15) is 18.0 Å². The van der Waals surface area contributed by atoms with Gasteiger partial charge in [-0.2, -0.15) is 23.4 Å². The van der Waals surface area contributed by atoms with E-state index in [4.69, 9.17) is 0 Å². The van der Waals surface area contributed by atoms with E-state index < -0.39 is 24.2 Å². The molecule has 0 unspecified atom stereocenters. The Bertz CT molecular complexity index is 1150. The van der Waals surface area contributed by atoms with E-state index in [1.54, 1.807) is 28.9 Å². The Labute approximate surface area is 191 Å². The molecule has 32 heavy (non-hydrogen) atoms. The van der Waals surface area contributed by atoms with Crippen LogP contribution in [-0.2, 0) is 13.6 Å². The van der Waals surface area contributed by atoms with Crippen LogP contribution in [0.2, 0.25) is 0 Å². The summed E-state index contributed by atoms with van der Waals surface area (Å²) in [6.07, 6.45) is -3.55. The van der Waals surface area contributed by atoms with Gasteiger partial charge in [-0.25, -0.2) is 4.68 Å². The van der Waals surface area contributed by atoms with Gasteiger partial charge in [0.1, 0.15) is 11.4 Å². The summed E-state index contributed by atoms with van der Waals surface area (Å²) >= 11 is 3.34. The van der Waals surface area contributed by atoms with Crippen LogP contribution in [0.25, 0.3) is 0 Å². The van der Waals surface area contributed by atoms with Crippen LogP contribution in [-0.4, -0.2) is 31.6 Å². The van der Waals surface area contributed by atoms with Gasteiger partial charge in [0.25, 0.3) is 5.91 Å². The number of hydrogen-bond donors (Lipinski definition) is 2. The molecule has 4 rings (SSSR count). The Morgan fingerprint density at radius 3 is 2.56 bits per heavy atom. The molecule has 3 heterocycles. The first-order chi connectivity index (χ1) is 15.1. The highest BCUT2D eigenvalue weighted by atomic mass is 79.9. The second-order valence-corrected chi connectivity index (χ2v) is 8.76. The summed E-state index contributed by atoms with van der Waals surface area (Å²) in [5.41, 5.74) is 3.33. The normalized spacial score (nSPS) is 18.2. The largest absolute Gasteiger partial charge is 0.410 e. The zero-order chi connectivity index (χ0) is 23.2. The molecule has 7 nitrogen and oxygen atoms in total. The number of nitrogens with one attached hydrogen (secondary N) is 2. The molecule has 0 fully saturated rings. The zero-order valence-electron chi connectivity index (χ0n) is 17.7. The Kier molecular flexibility index (Phi) is 5.78. The van der Waals surface area contributed by atoms with Gasteiger partial charge in [-0.15, -0.1) is 0 Å². The summed E-state index contributed by atoms with van der Waals surface area (Å²) < 4.78 is 44.9. The number of amides is 1. The lowest BCUT2D eigenvalue weighted by atomic mass is 9.96. The molecular weight excluding hydrogens is 489 g/mol. The lowest BCUT2D eigenvalue weighted by Gasteiger charge is -2.34. The van der Waals surface area contributed by atoms with Crippen LogP contribution in [0.3, 0.4) is 0 Å². The van der Waals surface area contributed by atoms with Crippen LogP contribution in [0.15, 0.2) is 34.9 Å². The molecule has 2 aromatic heterocycles. The highest BCUT2D eigenvalue weighted by Gasteiger charge is 2.47. The number of aromatic nitrogens is 4. The monoisotopic (exact) mass is 510 g/mol. The molecule has 11 heteroatoms. The topological polar surface area (TPSA) is 76.8 Å². The highest BCUT2D eigenvalue weighted by Crippen LogP contribution is 2.44. The Morgan fingerprint density at radius 2 is 1.97 bits per heavy atom. The molecule has 0 aliphatic carbocycles. The van der Waals surface area contributed by atoms with Crippen molar-refractivity contribution in [3.05, 3.63) is 63.0 Å². The summed E-state index contributed by atoms with van der Waals surface area (Å²) in [4.78, 5) is 12.9. The molecule has 1 aliphatic heterocycles. The standard InChI is InChI=1S/C21H22BrF3N6O/c1-11-15(12(2)30(3)29-11)9-26-20(32)16-10-27-31-18(21(23,24)25)8-17(28-19(16)31)13-4-6-14(22)7-5-13/h4-7,10,17-18,28H,8-9H2,1-3H3,(H,26,32)/t17-,18+/m1/s1. The average molecular weight is 511 g/mol. The van der Waals surface area contributed by atoms with Crippen molar-refractivity contribution in [2.24, 2.45) is 7.05 Å². The summed E-state index contributed by atoms with van der Waals surface area (Å²) in [5.74, 6) is -0.442. The summed E-state index contributed by atoms with van der Waals surface area (Å²) in [6, 6.07) is 4.62. The predicted octanol–water partition coefficient (Wildman–Crippen LogP) is 4.59. The van der Waals surface area contributed by atoms with E-state index in [1.807, 2.05) is 20.9 Å². The van der Waals surface area contributed by atoms with Gasteiger partial charge in [0, 0.05) is 35.7 Å². The van der Waals surface area contributed by atoms with Gasteiger partial charge in [0.15, 0.2) is 6.04 Å². The fraction of sp³-hybridized carbons (Fsp3) is 0.381. The number of halogens is 4. The van der Waals surface area contributed by atoms with Crippen molar-refractivity contribution in [2.75, 3.05) is 5.32 Å². The van der Waals surface area contributed by atoms with Crippen molar-refractivity contribution in [3.63, 3.8) is 0 Å². The van der Waals surface area contributed by atoms with Crippen LogP contribution in [0.1, 0.15) is 51.4 Å². The van der Waals surface area contributed by atoms with E-state index >= 15 is 0 Å². The van der Waals surface area contributed by atoms with Crippen molar-refractivity contribution in [2.45, 2.75) is 45.1 Å². The van der Waals surface area contributed by atoms with E-state index in [-0.39, 0.29) is 24.3 Å². The second kappa shape index (κ2) is 8.27. The molecule has 2 atom stereocenters. The molecule has 3 aromatic rings. The van der Waals surface area contributed by atoms with Crippen LogP contribution >= 0.6 is 15.9 Å². The smallest absolute Gasteiger partial charge is 0.363 e. The van der Waals surface area contributed by atoms with Gasteiger partial charge in [0.05, 0.1) is 17.9 Å². The summed E-state index contributed by atoms with van der Waals surface area (Å²) in [6.45, 7) is 3.95. The number of aryl methyl sites for hydroxylation is 2. The van der Waals surface area contributed by atoms with E-state index in [0.29, 0.717) is 5.56 Å². The molecular formula is C21H22BrF3N6O. The molecule has 170 valence electrons. The Balaban J connectivity index is 1.63. The minimum absolute atomic E-state index is 0.0589. The number of alkyl halides is 3. The SMILES string of the molecule is Cc1nn(C)c(C)c1CNC(=O)c1cnn2c1N[C@@H](c1ccc(Br)cc1)C[C@H]2C(F)(F)F. The van der Waals surface area contributed by atoms with Crippen molar-refractivity contribution in [1.29, 1.82) is 0 Å².